The molecule has 0 aliphatic carbocycles. The minimum absolute atomic E-state index is 0.0988. The van der Waals surface area contributed by atoms with E-state index in [0.29, 0.717) is 25.6 Å². The molecule has 2 aliphatic heterocycles. The van der Waals surface area contributed by atoms with Gasteiger partial charge in [-0.2, -0.15) is 0 Å². The van der Waals surface area contributed by atoms with Gasteiger partial charge in [0.25, 0.3) is 0 Å². The molecule has 0 N–H and O–H groups in total. The molecule has 0 bridgehead atoms. The Morgan fingerprint density at radius 1 is 1.19 bits per heavy atom. The van der Waals surface area contributed by atoms with E-state index in [1.807, 2.05) is 0 Å². The normalized spacial score (nSPS) is 24.9. The molecular weight excluding hydrogens is 273 g/mol. The van der Waals surface area contributed by atoms with Crippen LogP contribution in [-0.4, -0.2) is 56.6 Å². The molecule has 5 heteroatoms. The lowest BCUT2D eigenvalue weighted by Crippen LogP contribution is -2.45. The molecule has 21 heavy (non-hydrogen) atoms. The Morgan fingerprint density at radius 3 is 2.71 bits per heavy atom. The summed E-state index contributed by atoms with van der Waals surface area (Å²) >= 11 is 0. The lowest BCUT2D eigenvalue weighted by molar-refractivity contribution is -0.100. The zero-order valence-corrected chi connectivity index (χ0v) is 12.2. The second-order valence-electron chi connectivity index (χ2n) is 5.62. The molecule has 0 aromatic heterocycles. The zero-order valence-electron chi connectivity index (χ0n) is 12.2. The van der Waals surface area contributed by atoms with Crippen molar-refractivity contribution in [3.8, 4) is 5.75 Å². The fraction of sp³-hybridized carbons (Fsp3) is 0.625. The second-order valence-corrected chi connectivity index (χ2v) is 5.62. The molecular formula is C16H22FNO3. The monoisotopic (exact) mass is 295 g/mol. The molecule has 2 aliphatic rings. The molecule has 2 fully saturated rings. The first-order chi connectivity index (χ1) is 10.3. The number of likely N-dealkylation sites (tertiary alicyclic amines) is 1. The van der Waals surface area contributed by atoms with Crippen LogP contribution >= 0.6 is 0 Å². The van der Waals surface area contributed by atoms with Crippen molar-refractivity contribution < 1.29 is 18.6 Å². The van der Waals surface area contributed by atoms with Crippen LogP contribution in [0.25, 0.3) is 0 Å². The highest BCUT2D eigenvalue weighted by Gasteiger charge is 2.24. The van der Waals surface area contributed by atoms with Crippen LogP contribution < -0.4 is 4.74 Å². The van der Waals surface area contributed by atoms with E-state index in [9.17, 15) is 4.39 Å². The van der Waals surface area contributed by atoms with Gasteiger partial charge in [0.15, 0.2) is 11.6 Å². The second kappa shape index (κ2) is 7.20. The molecule has 0 spiro atoms. The predicted octanol–water partition coefficient (Wildman–Crippen LogP) is 2.08. The highest BCUT2D eigenvalue weighted by atomic mass is 19.1. The Balaban J connectivity index is 1.43. The van der Waals surface area contributed by atoms with E-state index in [1.165, 1.54) is 6.07 Å². The van der Waals surface area contributed by atoms with E-state index in [4.69, 9.17) is 14.2 Å². The highest BCUT2D eigenvalue weighted by molar-refractivity contribution is 5.23. The Bertz CT molecular complexity index is 443. The summed E-state index contributed by atoms with van der Waals surface area (Å²) in [6, 6.07) is 6.60. The van der Waals surface area contributed by atoms with Crippen molar-refractivity contribution in [2.45, 2.75) is 25.0 Å². The average Bonchev–Trinajstić information content (AvgIpc) is 2.52. The van der Waals surface area contributed by atoms with Gasteiger partial charge in [-0.1, -0.05) is 12.1 Å². The summed E-state index contributed by atoms with van der Waals surface area (Å²) < 4.78 is 30.4. The number of ether oxygens (including phenoxy) is 3. The summed E-state index contributed by atoms with van der Waals surface area (Å²) in [5, 5.41) is 0. The maximum atomic E-state index is 13.6. The van der Waals surface area contributed by atoms with Crippen LogP contribution in [-0.2, 0) is 9.47 Å². The Morgan fingerprint density at radius 2 is 2.00 bits per heavy atom. The maximum absolute atomic E-state index is 13.6. The standard InChI is InChI=1S/C16H22FNO3/c17-15-3-1-2-4-16(15)21-13-5-7-18(8-6-13)11-14-12-19-9-10-20-14/h1-4,13-14H,5-12H2/t14-/m0/s1. The summed E-state index contributed by atoms with van der Waals surface area (Å²) in [5.74, 6) is 0.0765. The number of piperidine rings is 1. The fourth-order valence-electron chi connectivity index (χ4n) is 2.86. The van der Waals surface area contributed by atoms with Crippen LogP contribution in [0.1, 0.15) is 12.8 Å². The molecule has 3 rings (SSSR count). The predicted molar refractivity (Wildman–Crippen MR) is 77.0 cm³/mol. The zero-order chi connectivity index (χ0) is 14.5. The molecule has 2 heterocycles. The van der Waals surface area contributed by atoms with E-state index in [2.05, 4.69) is 4.90 Å². The van der Waals surface area contributed by atoms with Gasteiger partial charge in [0.2, 0.25) is 0 Å². The fourth-order valence-corrected chi connectivity index (χ4v) is 2.86. The molecule has 116 valence electrons. The third-order valence-electron chi connectivity index (χ3n) is 4.01. The van der Waals surface area contributed by atoms with Gasteiger partial charge in [-0.15, -0.1) is 0 Å². The lowest BCUT2D eigenvalue weighted by atomic mass is 10.1. The summed E-state index contributed by atoms with van der Waals surface area (Å²) in [5.41, 5.74) is 0. The van der Waals surface area contributed by atoms with Crippen molar-refractivity contribution in [2.75, 3.05) is 39.5 Å². The number of hydrogen-bond donors (Lipinski definition) is 0. The van der Waals surface area contributed by atoms with Crippen LogP contribution in [0.2, 0.25) is 0 Å². The number of para-hydroxylation sites is 1. The van der Waals surface area contributed by atoms with Crippen LogP contribution in [0, 0.1) is 5.82 Å². The highest BCUT2D eigenvalue weighted by Crippen LogP contribution is 2.22. The molecule has 0 saturated carbocycles. The van der Waals surface area contributed by atoms with E-state index in [1.54, 1.807) is 18.2 Å². The van der Waals surface area contributed by atoms with Gasteiger partial charge < -0.3 is 19.1 Å². The summed E-state index contributed by atoms with van der Waals surface area (Å²) in [7, 11) is 0. The molecule has 2 saturated heterocycles. The number of rotatable bonds is 4. The third kappa shape index (κ3) is 4.15. The van der Waals surface area contributed by atoms with Crippen molar-refractivity contribution >= 4 is 0 Å². The number of benzene rings is 1. The topological polar surface area (TPSA) is 30.9 Å². The van der Waals surface area contributed by atoms with Gasteiger partial charge >= 0.3 is 0 Å². The summed E-state index contributed by atoms with van der Waals surface area (Å²) in [6.07, 6.45) is 2.12. The summed E-state index contributed by atoms with van der Waals surface area (Å²) in [6.45, 7) is 4.91. The quantitative estimate of drug-likeness (QED) is 0.851. The van der Waals surface area contributed by atoms with Crippen LogP contribution in [0.5, 0.6) is 5.75 Å². The molecule has 0 unspecified atom stereocenters. The van der Waals surface area contributed by atoms with Crippen molar-refractivity contribution in [1.29, 1.82) is 0 Å². The number of nitrogens with zero attached hydrogens (tertiary/aromatic N) is 1. The van der Waals surface area contributed by atoms with Gasteiger partial charge in [-0.25, -0.2) is 4.39 Å². The molecule has 4 nitrogen and oxygen atoms in total. The van der Waals surface area contributed by atoms with Crippen LogP contribution in [0.15, 0.2) is 24.3 Å². The largest absolute Gasteiger partial charge is 0.487 e. The first-order valence-electron chi connectivity index (χ1n) is 7.64. The smallest absolute Gasteiger partial charge is 0.165 e. The first kappa shape index (κ1) is 14.8. The van der Waals surface area contributed by atoms with E-state index >= 15 is 0 Å². The van der Waals surface area contributed by atoms with Gasteiger partial charge in [0, 0.05) is 19.6 Å². The van der Waals surface area contributed by atoms with Crippen molar-refractivity contribution in [1.82, 2.24) is 4.90 Å². The van der Waals surface area contributed by atoms with Crippen LogP contribution in [0.4, 0.5) is 4.39 Å². The number of hydrogen-bond acceptors (Lipinski definition) is 4. The molecule has 1 aromatic rings. The van der Waals surface area contributed by atoms with Crippen LogP contribution in [0.3, 0.4) is 0 Å². The average molecular weight is 295 g/mol. The molecule has 1 aromatic carbocycles. The third-order valence-corrected chi connectivity index (χ3v) is 4.01. The molecule has 1 atom stereocenters. The van der Waals surface area contributed by atoms with Gasteiger partial charge in [0.1, 0.15) is 6.10 Å². The Kier molecular flexibility index (Phi) is 5.06. The minimum Gasteiger partial charge on any atom is -0.487 e. The minimum atomic E-state index is -0.285. The maximum Gasteiger partial charge on any atom is 0.165 e. The number of halogens is 1. The van der Waals surface area contributed by atoms with Crippen molar-refractivity contribution in [3.63, 3.8) is 0 Å². The lowest BCUT2D eigenvalue weighted by Gasteiger charge is -2.35. The van der Waals surface area contributed by atoms with E-state index < -0.39 is 0 Å². The molecule has 0 amide bonds. The van der Waals surface area contributed by atoms with Gasteiger partial charge in [-0.05, 0) is 25.0 Å². The molecule has 0 radical (unpaired) electrons. The first-order valence-corrected chi connectivity index (χ1v) is 7.64. The van der Waals surface area contributed by atoms with Crippen molar-refractivity contribution in [2.24, 2.45) is 0 Å². The Labute approximate surface area is 124 Å². The SMILES string of the molecule is Fc1ccccc1OC1CCN(C[C@H]2COCCO2)CC1. The van der Waals surface area contributed by atoms with Gasteiger partial charge in [0.05, 0.1) is 25.9 Å². The van der Waals surface area contributed by atoms with Gasteiger partial charge in [-0.3, -0.25) is 0 Å². The van der Waals surface area contributed by atoms with E-state index in [-0.39, 0.29) is 18.0 Å². The summed E-state index contributed by atoms with van der Waals surface area (Å²) in [4.78, 5) is 2.38. The van der Waals surface area contributed by atoms with Crippen molar-refractivity contribution in [3.05, 3.63) is 30.1 Å². The van der Waals surface area contributed by atoms with E-state index in [0.717, 1.165) is 32.5 Å². The Hall–Kier alpha value is -1.17.